The molecule has 1 aliphatic heterocycles. The lowest BCUT2D eigenvalue weighted by Crippen LogP contribution is -2.53. The number of rotatable bonds is 1. The fraction of sp³-hybridized carbons (Fsp3) is 0.889. The van der Waals surface area contributed by atoms with Gasteiger partial charge >= 0.3 is 5.97 Å². The number of nitrogens with two attached hydrogens (primary N) is 1. The summed E-state index contributed by atoms with van der Waals surface area (Å²) >= 11 is 0. The lowest BCUT2D eigenvalue weighted by molar-refractivity contribution is -0.144. The van der Waals surface area contributed by atoms with E-state index in [9.17, 15) is 4.79 Å². The SMILES string of the molecule is CN1C[C@@H]2C[C@H](C1)[C@@](N)(C(=O)O)C2.Cl.Cl. The van der Waals surface area contributed by atoms with Gasteiger partial charge in [0.25, 0.3) is 0 Å². The number of nitrogens with zero attached hydrogens (tertiary/aromatic N) is 1. The van der Waals surface area contributed by atoms with E-state index in [0.717, 1.165) is 19.5 Å². The summed E-state index contributed by atoms with van der Waals surface area (Å²) in [6.45, 7) is 1.84. The van der Waals surface area contributed by atoms with Crippen LogP contribution in [0.3, 0.4) is 0 Å². The van der Waals surface area contributed by atoms with Crippen molar-refractivity contribution in [2.24, 2.45) is 17.6 Å². The molecule has 6 heteroatoms. The molecule has 0 unspecified atom stereocenters. The molecule has 2 fully saturated rings. The molecule has 1 aliphatic carbocycles. The maximum atomic E-state index is 11.0. The summed E-state index contributed by atoms with van der Waals surface area (Å²) in [5.41, 5.74) is 4.97. The van der Waals surface area contributed by atoms with Crippen LogP contribution in [0.2, 0.25) is 0 Å². The van der Waals surface area contributed by atoms with Crippen LogP contribution < -0.4 is 5.73 Å². The first-order chi connectivity index (χ1) is 6.02. The van der Waals surface area contributed by atoms with Gasteiger partial charge in [-0.25, -0.2) is 0 Å². The molecule has 1 saturated heterocycles. The Morgan fingerprint density at radius 1 is 1.47 bits per heavy atom. The number of hydrogen-bond donors (Lipinski definition) is 2. The highest BCUT2D eigenvalue weighted by molar-refractivity contribution is 5.85. The molecule has 2 bridgehead atoms. The van der Waals surface area contributed by atoms with E-state index in [1.54, 1.807) is 0 Å². The van der Waals surface area contributed by atoms with Crippen LogP contribution in [0.5, 0.6) is 0 Å². The van der Waals surface area contributed by atoms with Crippen molar-refractivity contribution >= 4 is 30.8 Å². The van der Waals surface area contributed by atoms with E-state index in [1.807, 2.05) is 7.05 Å². The zero-order valence-corrected chi connectivity index (χ0v) is 10.3. The van der Waals surface area contributed by atoms with Crippen molar-refractivity contribution in [2.45, 2.75) is 18.4 Å². The van der Waals surface area contributed by atoms with Crippen molar-refractivity contribution in [2.75, 3.05) is 20.1 Å². The van der Waals surface area contributed by atoms with Gasteiger partial charge in [0.15, 0.2) is 0 Å². The molecule has 1 heterocycles. The topological polar surface area (TPSA) is 66.6 Å². The van der Waals surface area contributed by atoms with Crippen molar-refractivity contribution in [1.29, 1.82) is 0 Å². The van der Waals surface area contributed by atoms with Gasteiger partial charge in [-0.1, -0.05) is 0 Å². The summed E-state index contributed by atoms with van der Waals surface area (Å²) in [7, 11) is 2.03. The normalized spacial score (nSPS) is 39.1. The Bertz CT molecular complexity index is 252. The molecule has 0 radical (unpaired) electrons. The number of fused-ring (bicyclic) bond motifs is 2. The van der Waals surface area contributed by atoms with E-state index >= 15 is 0 Å². The highest BCUT2D eigenvalue weighted by Gasteiger charge is 2.52. The first kappa shape index (κ1) is 15.0. The van der Waals surface area contributed by atoms with Gasteiger partial charge in [0.2, 0.25) is 0 Å². The molecule has 0 aromatic heterocycles. The molecule has 15 heavy (non-hydrogen) atoms. The molecular formula is C9H18Cl2N2O2. The Morgan fingerprint density at radius 3 is 2.60 bits per heavy atom. The number of aliphatic carboxylic acids is 1. The summed E-state index contributed by atoms with van der Waals surface area (Å²) in [5.74, 6) is -0.186. The molecule has 0 amide bonds. The highest BCUT2D eigenvalue weighted by Crippen LogP contribution is 2.42. The van der Waals surface area contributed by atoms with Crippen molar-refractivity contribution < 1.29 is 9.90 Å². The first-order valence-electron chi connectivity index (χ1n) is 4.73. The summed E-state index contributed by atoms with van der Waals surface area (Å²) in [4.78, 5) is 13.2. The lowest BCUT2D eigenvalue weighted by atomic mass is 9.88. The molecule has 2 rings (SSSR count). The van der Waals surface area contributed by atoms with Crippen molar-refractivity contribution in [3.05, 3.63) is 0 Å². The van der Waals surface area contributed by atoms with Crippen LogP contribution in [-0.2, 0) is 4.79 Å². The van der Waals surface area contributed by atoms with E-state index in [1.165, 1.54) is 0 Å². The predicted molar refractivity (Wildman–Crippen MR) is 62.8 cm³/mol. The third-order valence-electron chi connectivity index (χ3n) is 3.47. The van der Waals surface area contributed by atoms with E-state index in [-0.39, 0.29) is 30.7 Å². The monoisotopic (exact) mass is 256 g/mol. The number of hydrogen-bond acceptors (Lipinski definition) is 3. The second kappa shape index (κ2) is 4.87. The predicted octanol–water partition coefficient (Wildman–Crippen LogP) is 0.584. The summed E-state index contributed by atoms with van der Waals surface area (Å²) in [6, 6.07) is 0. The average Bonchev–Trinajstić information content (AvgIpc) is 2.24. The van der Waals surface area contributed by atoms with Gasteiger partial charge in [-0.15, -0.1) is 24.8 Å². The minimum Gasteiger partial charge on any atom is -0.480 e. The molecule has 0 spiro atoms. The van der Waals surface area contributed by atoms with Crippen LogP contribution in [-0.4, -0.2) is 41.7 Å². The summed E-state index contributed by atoms with van der Waals surface area (Å²) in [6.07, 6.45) is 1.64. The van der Waals surface area contributed by atoms with Crippen LogP contribution >= 0.6 is 24.8 Å². The minimum atomic E-state index is -0.949. The summed E-state index contributed by atoms with van der Waals surface area (Å²) in [5, 5.41) is 9.06. The first-order valence-corrected chi connectivity index (χ1v) is 4.73. The fourth-order valence-corrected chi connectivity index (χ4v) is 2.87. The van der Waals surface area contributed by atoms with Crippen molar-refractivity contribution in [3.8, 4) is 0 Å². The molecule has 2 aliphatic rings. The molecular weight excluding hydrogens is 239 g/mol. The lowest BCUT2D eigenvalue weighted by Gasteiger charge is -2.31. The molecule has 1 saturated carbocycles. The quantitative estimate of drug-likeness (QED) is 0.721. The number of carbonyl (C=O) groups is 1. The number of likely N-dealkylation sites (tertiary alicyclic amines) is 1. The van der Waals surface area contributed by atoms with Gasteiger partial charge < -0.3 is 15.7 Å². The molecule has 0 aromatic carbocycles. The smallest absolute Gasteiger partial charge is 0.324 e. The van der Waals surface area contributed by atoms with Gasteiger partial charge in [0, 0.05) is 19.0 Å². The fourth-order valence-electron chi connectivity index (χ4n) is 2.87. The maximum Gasteiger partial charge on any atom is 0.324 e. The molecule has 3 atom stereocenters. The Morgan fingerprint density at radius 2 is 2.07 bits per heavy atom. The largest absolute Gasteiger partial charge is 0.480 e. The number of piperidine rings is 1. The zero-order chi connectivity index (χ0) is 9.64. The van der Waals surface area contributed by atoms with Crippen molar-refractivity contribution in [3.63, 3.8) is 0 Å². The maximum absolute atomic E-state index is 11.0. The van der Waals surface area contributed by atoms with Gasteiger partial charge in [0.1, 0.15) is 5.54 Å². The van der Waals surface area contributed by atoms with Crippen LogP contribution in [0.15, 0.2) is 0 Å². The van der Waals surface area contributed by atoms with Gasteiger partial charge in [-0.2, -0.15) is 0 Å². The molecule has 3 N–H and O–H groups in total. The third-order valence-corrected chi connectivity index (χ3v) is 3.47. The highest BCUT2D eigenvalue weighted by atomic mass is 35.5. The van der Waals surface area contributed by atoms with Crippen LogP contribution in [0.1, 0.15) is 12.8 Å². The van der Waals surface area contributed by atoms with Gasteiger partial charge in [0.05, 0.1) is 0 Å². The van der Waals surface area contributed by atoms with Gasteiger partial charge in [-0.05, 0) is 25.8 Å². The Balaban J connectivity index is 0.000000980. The Labute approximate surface area is 102 Å². The van der Waals surface area contributed by atoms with Gasteiger partial charge in [-0.3, -0.25) is 4.79 Å². The molecule has 4 nitrogen and oxygen atoms in total. The molecule has 0 aromatic rings. The number of carboxylic acid groups (broad SMARTS) is 1. The minimum absolute atomic E-state index is 0. The van der Waals surface area contributed by atoms with E-state index in [2.05, 4.69) is 4.90 Å². The van der Waals surface area contributed by atoms with Crippen molar-refractivity contribution in [1.82, 2.24) is 4.90 Å². The third kappa shape index (κ3) is 2.38. The Hall–Kier alpha value is -0.0300. The average molecular weight is 257 g/mol. The van der Waals surface area contributed by atoms with E-state index < -0.39 is 11.5 Å². The van der Waals surface area contributed by atoms with E-state index in [0.29, 0.717) is 12.3 Å². The summed E-state index contributed by atoms with van der Waals surface area (Å²) < 4.78 is 0. The van der Waals surface area contributed by atoms with Crippen LogP contribution in [0, 0.1) is 11.8 Å². The zero-order valence-electron chi connectivity index (χ0n) is 8.68. The Kier molecular flexibility index (Phi) is 4.86. The number of halogens is 2. The number of carboxylic acids is 1. The van der Waals surface area contributed by atoms with Crippen LogP contribution in [0.25, 0.3) is 0 Å². The van der Waals surface area contributed by atoms with Crippen LogP contribution in [0.4, 0.5) is 0 Å². The molecule has 90 valence electrons. The standard InChI is InChI=1S/C9H16N2O2.2ClH/c1-11-4-6-2-7(5-11)9(10,3-6)8(12)13;;/h6-7H,2-5,10H2,1H3,(H,12,13);2*1H/t6-,7-,9-;;/m1../s1. The second-order valence-corrected chi connectivity index (χ2v) is 4.57. The van der Waals surface area contributed by atoms with E-state index in [4.69, 9.17) is 10.8 Å². The second-order valence-electron chi connectivity index (χ2n) is 4.57.